The van der Waals surface area contributed by atoms with Crippen LogP contribution in [0.3, 0.4) is 0 Å². The summed E-state index contributed by atoms with van der Waals surface area (Å²) >= 11 is 3.34. The highest BCUT2D eigenvalue weighted by Crippen LogP contribution is 2.41. The number of ether oxygens (including phenoxy) is 2. The Labute approximate surface area is 191 Å². The maximum Gasteiger partial charge on any atom is 0.323 e. The van der Waals surface area contributed by atoms with Crippen LogP contribution in [0.4, 0.5) is 4.39 Å². The lowest BCUT2D eigenvalue weighted by atomic mass is 9.99. The van der Waals surface area contributed by atoms with Crippen molar-refractivity contribution in [2.24, 2.45) is 0 Å². The van der Waals surface area contributed by atoms with E-state index < -0.39 is 14.0 Å². The summed E-state index contributed by atoms with van der Waals surface area (Å²) in [4.78, 5) is 8.07. The lowest BCUT2D eigenvalue weighted by Crippen LogP contribution is -2.22. The van der Waals surface area contributed by atoms with Gasteiger partial charge in [-0.15, -0.1) is 5.10 Å². The van der Waals surface area contributed by atoms with Crippen molar-refractivity contribution >= 4 is 24.0 Å². The first-order chi connectivity index (χ1) is 14.8. The van der Waals surface area contributed by atoms with Crippen LogP contribution in [0.5, 0.6) is 11.8 Å². The summed E-state index contributed by atoms with van der Waals surface area (Å²) in [7, 11) is -1.17. The van der Waals surface area contributed by atoms with Gasteiger partial charge in [0.05, 0.1) is 0 Å². The van der Waals surface area contributed by atoms with Crippen LogP contribution in [0.25, 0.3) is 11.1 Å². The summed E-state index contributed by atoms with van der Waals surface area (Å²) in [5, 5.41) is 4.36. The molecule has 0 aliphatic heterocycles. The fraction of sp³-hybridized carbons (Fsp3) is 0.409. The second-order valence-corrected chi connectivity index (χ2v) is 15.2. The number of hydrogen-bond acceptors (Lipinski definition) is 5. The highest BCUT2D eigenvalue weighted by molar-refractivity contribution is 9.10. The van der Waals surface area contributed by atoms with Crippen molar-refractivity contribution in [2.75, 3.05) is 6.61 Å². The van der Waals surface area contributed by atoms with Crippen molar-refractivity contribution in [3.63, 3.8) is 0 Å². The van der Waals surface area contributed by atoms with Gasteiger partial charge in [-0.2, -0.15) is 14.1 Å². The SMILES string of the molecule is C[Si](C)(C)CCOCn1nc(Br)nc1Oc1c(-c2ccnc(F)c2)ccc2c1CCC2. The number of fused-ring (bicyclic) bond motifs is 1. The summed E-state index contributed by atoms with van der Waals surface area (Å²) < 4.78 is 28.0. The molecule has 0 saturated heterocycles. The molecule has 1 aliphatic carbocycles. The van der Waals surface area contributed by atoms with E-state index in [0.29, 0.717) is 28.7 Å². The Morgan fingerprint density at radius 2 is 2.03 bits per heavy atom. The fourth-order valence-electron chi connectivity index (χ4n) is 3.63. The third kappa shape index (κ3) is 5.39. The van der Waals surface area contributed by atoms with Gasteiger partial charge in [-0.25, -0.2) is 4.98 Å². The van der Waals surface area contributed by atoms with Gasteiger partial charge in [0.1, 0.15) is 12.5 Å². The molecule has 31 heavy (non-hydrogen) atoms. The number of rotatable bonds is 8. The number of halogens is 2. The largest absolute Gasteiger partial charge is 0.423 e. The molecule has 3 aromatic rings. The average molecular weight is 505 g/mol. The zero-order valence-electron chi connectivity index (χ0n) is 18.0. The Morgan fingerprint density at radius 1 is 1.19 bits per heavy atom. The molecule has 0 saturated carbocycles. The first kappa shape index (κ1) is 22.1. The second kappa shape index (κ2) is 9.18. The molecular weight excluding hydrogens is 479 g/mol. The summed E-state index contributed by atoms with van der Waals surface area (Å²) in [5.41, 5.74) is 3.92. The van der Waals surface area contributed by atoms with Gasteiger partial charge in [-0.3, -0.25) is 0 Å². The minimum Gasteiger partial charge on any atom is -0.423 e. The number of hydrogen-bond donors (Lipinski definition) is 0. The number of aromatic nitrogens is 4. The lowest BCUT2D eigenvalue weighted by molar-refractivity contribution is 0.0728. The summed E-state index contributed by atoms with van der Waals surface area (Å²) in [6, 6.07) is 8.70. The van der Waals surface area contributed by atoms with Gasteiger partial charge in [-0.1, -0.05) is 31.8 Å². The molecule has 2 aromatic heterocycles. The summed E-state index contributed by atoms with van der Waals surface area (Å²) in [6.07, 6.45) is 4.45. The monoisotopic (exact) mass is 504 g/mol. The molecule has 1 aromatic carbocycles. The molecule has 0 amide bonds. The van der Waals surface area contributed by atoms with Crippen LogP contribution >= 0.6 is 15.9 Å². The molecular formula is C22H26BrFN4O2Si. The molecule has 0 bridgehead atoms. The third-order valence-corrected chi connectivity index (χ3v) is 7.32. The molecule has 164 valence electrons. The van der Waals surface area contributed by atoms with E-state index in [4.69, 9.17) is 9.47 Å². The van der Waals surface area contributed by atoms with Gasteiger partial charge in [0, 0.05) is 32.5 Å². The Hall–Kier alpha value is -2.10. The zero-order valence-corrected chi connectivity index (χ0v) is 20.6. The molecule has 1 aliphatic rings. The highest BCUT2D eigenvalue weighted by atomic mass is 79.9. The van der Waals surface area contributed by atoms with Crippen molar-refractivity contribution in [1.82, 2.24) is 19.7 Å². The molecule has 0 atom stereocenters. The number of aryl methyl sites for hydroxylation is 1. The highest BCUT2D eigenvalue weighted by Gasteiger charge is 2.23. The average Bonchev–Trinajstić information content (AvgIpc) is 3.31. The van der Waals surface area contributed by atoms with Crippen molar-refractivity contribution < 1.29 is 13.9 Å². The van der Waals surface area contributed by atoms with Gasteiger partial charge in [0.15, 0.2) is 0 Å². The zero-order chi connectivity index (χ0) is 22.0. The van der Waals surface area contributed by atoms with Gasteiger partial charge >= 0.3 is 6.01 Å². The lowest BCUT2D eigenvalue weighted by Gasteiger charge is -2.17. The fourth-order valence-corrected chi connectivity index (χ4v) is 4.73. The van der Waals surface area contributed by atoms with E-state index in [2.05, 4.69) is 56.7 Å². The van der Waals surface area contributed by atoms with Crippen molar-refractivity contribution in [3.8, 4) is 22.9 Å². The Balaban J connectivity index is 1.63. The normalized spacial score (nSPS) is 13.5. The van der Waals surface area contributed by atoms with Gasteiger partial charge in [0.25, 0.3) is 0 Å². The quantitative estimate of drug-likeness (QED) is 0.219. The summed E-state index contributed by atoms with van der Waals surface area (Å²) in [5.74, 6) is 0.175. The van der Waals surface area contributed by atoms with E-state index in [1.54, 1.807) is 10.7 Å². The molecule has 0 fully saturated rings. The minimum atomic E-state index is -1.17. The number of pyridine rings is 1. The topological polar surface area (TPSA) is 62.1 Å². The van der Waals surface area contributed by atoms with E-state index in [9.17, 15) is 4.39 Å². The number of benzene rings is 1. The first-order valence-corrected chi connectivity index (χ1v) is 14.9. The van der Waals surface area contributed by atoms with Crippen LogP contribution < -0.4 is 4.74 Å². The predicted octanol–water partition coefficient (Wildman–Crippen LogP) is 5.84. The van der Waals surface area contributed by atoms with Gasteiger partial charge in [0.2, 0.25) is 10.7 Å². The summed E-state index contributed by atoms with van der Waals surface area (Å²) in [6.45, 7) is 7.88. The predicted molar refractivity (Wildman–Crippen MR) is 124 cm³/mol. The van der Waals surface area contributed by atoms with E-state index >= 15 is 0 Å². The number of nitrogens with zero attached hydrogens (tertiary/aromatic N) is 4. The van der Waals surface area contributed by atoms with Gasteiger partial charge in [-0.05, 0) is 64.0 Å². The van der Waals surface area contributed by atoms with Crippen LogP contribution in [0.15, 0.2) is 35.2 Å². The molecule has 0 unspecified atom stereocenters. The standard InChI is InChI=1S/C22H26BrFN4O2Si/c1-31(2,3)12-11-29-14-28-22(26-21(23)27-28)30-20-17-6-4-5-15(17)7-8-18(20)16-9-10-25-19(24)13-16/h7-10,13H,4-6,11-12,14H2,1-3H3. The first-order valence-electron chi connectivity index (χ1n) is 10.4. The molecule has 9 heteroatoms. The molecule has 4 rings (SSSR count). The molecule has 0 radical (unpaired) electrons. The Morgan fingerprint density at radius 3 is 2.81 bits per heavy atom. The smallest absolute Gasteiger partial charge is 0.323 e. The minimum absolute atomic E-state index is 0.257. The van der Waals surface area contributed by atoms with Crippen LogP contribution in [0, 0.1) is 5.95 Å². The maximum absolute atomic E-state index is 13.8. The second-order valence-electron chi connectivity index (χ2n) is 8.91. The van der Waals surface area contributed by atoms with Crippen LogP contribution in [0.2, 0.25) is 25.7 Å². The van der Waals surface area contributed by atoms with Crippen molar-refractivity contribution in [3.05, 3.63) is 52.3 Å². The van der Waals surface area contributed by atoms with E-state index in [1.165, 1.54) is 17.8 Å². The molecule has 0 spiro atoms. The Bertz CT molecular complexity index is 1080. The van der Waals surface area contributed by atoms with Crippen LogP contribution in [0.1, 0.15) is 17.5 Å². The third-order valence-electron chi connectivity index (χ3n) is 5.28. The Kier molecular flexibility index (Phi) is 6.54. The van der Waals surface area contributed by atoms with Crippen molar-refractivity contribution in [2.45, 2.75) is 51.7 Å². The van der Waals surface area contributed by atoms with Crippen LogP contribution in [-0.4, -0.2) is 34.4 Å². The van der Waals surface area contributed by atoms with E-state index in [0.717, 1.165) is 36.4 Å². The van der Waals surface area contributed by atoms with Crippen LogP contribution in [-0.2, 0) is 24.3 Å². The van der Waals surface area contributed by atoms with Crippen molar-refractivity contribution in [1.29, 1.82) is 0 Å². The maximum atomic E-state index is 13.8. The van der Waals surface area contributed by atoms with Gasteiger partial charge < -0.3 is 9.47 Å². The van der Waals surface area contributed by atoms with E-state index in [1.807, 2.05) is 6.07 Å². The van der Waals surface area contributed by atoms with E-state index in [-0.39, 0.29) is 6.73 Å². The molecule has 6 nitrogen and oxygen atoms in total. The molecule has 2 heterocycles. The molecule has 0 N–H and O–H groups in total.